The number of rotatable bonds is 7. The summed E-state index contributed by atoms with van der Waals surface area (Å²) >= 11 is 2.83. The fraction of sp³-hybridized carbons (Fsp3) is 0.444. The number of hydrogen-bond acceptors (Lipinski definition) is 7. The summed E-state index contributed by atoms with van der Waals surface area (Å²) in [5, 5.41) is 5.21. The van der Waals surface area contributed by atoms with E-state index < -0.39 is 15.8 Å². The van der Waals surface area contributed by atoms with Crippen molar-refractivity contribution in [2.45, 2.75) is 38.4 Å². The molecule has 3 rings (SSSR count). The molecule has 6 nitrogen and oxygen atoms in total. The predicted octanol–water partition coefficient (Wildman–Crippen LogP) is 3.42. The van der Waals surface area contributed by atoms with Crippen LogP contribution in [0.1, 0.15) is 45.4 Å². The number of sulfone groups is 1. The van der Waals surface area contributed by atoms with Gasteiger partial charge in [-0.3, -0.25) is 4.79 Å². The molecule has 9 heteroatoms. The van der Waals surface area contributed by atoms with E-state index in [1.165, 1.54) is 16.2 Å². The highest BCUT2D eigenvalue weighted by atomic mass is 32.2. The van der Waals surface area contributed by atoms with Crippen LogP contribution in [0.5, 0.6) is 0 Å². The van der Waals surface area contributed by atoms with Gasteiger partial charge in [0.2, 0.25) is 5.91 Å². The third kappa shape index (κ3) is 4.97. The van der Waals surface area contributed by atoms with Gasteiger partial charge < -0.3 is 10.1 Å². The Bertz CT molecular complexity index is 929. The minimum Gasteiger partial charge on any atom is -0.462 e. The van der Waals surface area contributed by atoms with Crippen LogP contribution >= 0.6 is 22.7 Å². The first-order valence-electron chi connectivity index (χ1n) is 8.74. The predicted molar refractivity (Wildman–Crippen MR) is 107 cm³/mol. The summed E-state index contributed by atoms with van der Waals surface area (Å²) in [4.78, 5) is 26.6. The first-order valence-corrected chi connectivity index (χ1v) is 12.3. The number of carbonyl (C=O) groups excluding carboxylic acids is 2. The molecule has 1 aliphatic heterocycles. The Morgan fingerprint density at radius 3 is 2.85 bits per heavy atom. The van der Waals surface area contributed by atoms with Crippen LogP contribution in [-0.4, -0.2) is 32.7 Å². The molecule has 0 atom stereocenters. The van der Waals surface area contributed by atoms with E-state index >= 15 is 0 Å². The lowest BCUT2D eigenvalue weighted by atomic mass is 10.1. The van der Waals surface area contributed by atoms with Crippen LogP contribution in [0.15, 0.2) is 17.5 Å². The van der Waals surface area contributed by atoms with Crippen LogP contribution in [0.2, 0.25) is 0 Å². The van der Waals surface area contributed by atoms with Gasteiger partial charge in [-0.05, 0) is 43.2 Å². The number of thiophene rings is 2. The van der Waals surface area contributed by atoms with Crippen LogP contribution < -0.4 is 5.32 Å². The molecule has 0 aromatic carbocycles. The number of anilines is 1. The lowest BCUT2D eigenvalue weighted by molar-refractivity contribution is -0.116. The lowest BCUT2D eigenvalue weighted by Gasteiger charge is -2.13. The molecule has 1 amide bonds. The van der Waals surface area contributed by atoms with E-state index in [0.717, 1.165) is 6.42 Å². The molecule has 0 bridgehead atoms. The van der Waals surface area contributed by atoms with Gasteiger partial charge in [0.15, 0.2) is 9.84 Å². The van der Waals surface area contributed by atoms with E-state index in [4.69, 9.17) is 4.74 Å². The second kappa shape index (κ2) is 8.53. The number of esters is 1. The van der Waals surface area contributed by atoms with E-state index in [-0.39, 0.29) is 30.4 Å². The highest BCUT2D eigenvalue weighted by molar-refractivity contribution is 7.90. The van der Waals surface area contributed by atoms with Gasteiger partial charge in [-0.15, -0.1) is 22.7 Å². The van der Waals surface area contributed by atoms with Crippen molar-refractivity contribution < 1.29 is 22.7 Å². The minimum absolute atomic E-state index is 0.0112. The van der Waals surface area contributed by atoms with E-state index in [0.29, 0.717) is 33.8 Å². The van der Waals surface area contributed by atoms with Gasteiger partial charge in [0.25, 0.3) is 0 Å². The number of fused-ring (bicyclic) bond motifs is 1. The lowest BCUT2D eigenvalue weighted by Crippen LogP contribution is -2.20. The zero-order valence-electron chi connectivity index (χ0n) is 14.9. The number of amides is 1. The molecule has 2 aromatic rings. The highest BCUT2D eigenvalue weighted by Gasteiger charge is 2.31. The Balaban J connectivity index is 1.74. The summed E-state index contributed by atoms with van der Waals surface area (Å²) in [5.74, 6) is -0.771. The Kier molecular flexibility index (Phi) is 6.33. The van der Waals surface area contributed by atoms with Crippen molar-refractivity contribution in [1.82, 2.24) is 0 Å². The number of hydrogen-bond donors (Lipinski definition) is 1. The van der Waals surface area contributed by atoms with E-state index in [2.05, 4.69) is 5.32 Å². The molecular weight excluding hydrogens is 406 g/mol. The summed E-state index contributed by atoms with van der Waals surface area (Å²) in [6.07, 6.45) is 2.15. The Morgan fingerprint density at radius 2 is 2.15 bits per heavy atom. The van der Waals surface area contributed by atoms with Crippen molar-refractivity contribution in [1.29, 1.82) is 0 Å². The Labute approximate surface area is 166 Å². The highest BCUT2D eigenvalue weighted by Crippen LogP contribution is 2.38. The number of carbonyl (C=O) groups is 2. The molecule has 1 aliphatic rings. The molecule has 27 heavy (non-hydrogen) atoms. The third-order valence-electron chi connectivity index (χ3n) is 4.24. The van der Waals surface area contributed by atoms with Crippen molar-refractivity contribution in [2.24, 2.45) is 0 Å². The average molecular weight is 428 g/mol. The normalized spacial score (nSPS) is 15.1. The van der Waals surface area contributed by atoms with E-state index in [9.17, 15) is 18.0 Å². The fourth-order valence-electron chi connectivity index (χ4n) is 3.00. The summed E-state index contributed by atoms with van der Waals surface area (Å²) < 4.78 is 28.9. The maximum Gasteiger partial charge on any atom is 0.341 e. The van der Waals surface area contributed by atoms with Gasteiger partial charge in [0, 0.05) is 16.2 Å². The van der Waals surface area contributed by atoms with Crippen LogP contribution in [0.4, 0.5) is 5.00 Å². The zero-order chi connectivity index (χ0) is 19.4. The largest absolute Gasteiger partial charge is 0.462 e. The topological polar surface area (TPSA) is 89.5 Å². The molecule has 1 N–H and O–H groups in total. The van der Waals surface area contributed by atoms with E-state index in [1.54, 1.807) is 18.3 Å². The Hall–Kier alpha value is -1.71. The Morgan fingerprint density at radius 1 is 1.33 bits per heavy atom. The van der Waals surface area contributed by atoms with Crippen LogP contribution in [0.25, 0.3) is 0 Å². The molecule has 0 fully saturated rings. The van der Waals surface area contributed by atoms with Crippen molar-refractivity contribution in [3.8, 4) is 0 Å². The summed E-state index contributed by atoms with van der Waals surface area (Å²) in [6, 6.07) is 4.02. The maximum atomic E-state index is 12.4. The average Bonchev–Trinajstić information content (AvgIpc) is 3.21. The van der Waals surface area contributed by atoms with Crippen molar-refractivity contribution in [2.75, 3.05) is 17.7 Å². The van der Waals surface area contributed by atoms with Gasteiger partial charge in [-0.25, -0.2) is 13.2 Å². The molecule has 2 aromatic heterocycles. The molecule has 0 radical (unpaired) electrons. The van der Waals surface area contributed by atoms with Gasteiger partial charge >= 0.3 is 5.97 Å². The monoisotopic (exact) mass is 427 g/mol. The number of nitrogens with one attached hydrogen (secondary N) is 1. The minimum atomic E-state index is -3.16. The molecule has 146 valence electrons. The SMILES string of the molecule is CCOC(=O)c1c(NC(=O)CCCc2cccs2)sc2c1CCS(=O)(=O)C2. The van der Waals surface area contributed by atoms with Crippen LogP contribution in [0.3, 0.4) is 0 Å². The fourth-order valence-corrected chi connectivity index (χ4v) is 6.80. The van der Waals surface area contributed by atoms with Gasteiger partial charge in [-0.2, -0.15) is 0 Å². The summed E-state index contributed by atoms with van der Waals surface area (Å²) in [5.41, 5.74) is 1.01. The molecular formula is C18H21NO5S3. The van der Waals surface area contributed by atoms with Crippen LogP contribution in [-0.2, 0) is 38.0 Å². The number of aryl methyl sites for hydroxylation is 1. The second-order valence-corrected chi connectivity index (χ2v) is 10.6. The molecule has 0 spiro atoms. The van der Waals surface area contributed by atoms with Crippen molar-refractivity contribution in [3.05, 3.63) is 38.4 Å². The van der Waals surface area contributed by atoms with Crippen molar-refractivity contribution in [3.63, 3.8) is 0 Å². The molecule has 0 saturated heterocycles. The molecule has 0 saturated carbocycles. The smallest absolute Gasteiger partial charge is 0.341 e. The molecule has 3 heterocycles. The standard InChI is InChI=1S/C18H21NO5S3/c1-2-24-18(21)16-13-8-10-27(22,23)11-14(13)26-17(16)19-15(20)7-3-5-12-6-4-9-25-12/h4,6,9H,2-3,5,7-8,10-11H2,1H3,(H,19,20). The molecule has 0 unspecified atom stereocenters. The van der Waals surface area contributed by atoms with Gasteiger partial charge in [-0.1, -0.05) is 6.07 Å². The zero-order valence-corrected chi connectivity index (χ0v) is 17.4. The number of ether oxygens (including phenoxy) is 1. The van der Waals surface area contributed by atoms with E-state index in [1.807, 2.05) is 17.5 Å². The quantitative estimate of drug-likeness (QED) is 0.684. The summed E-state index contributed by atoms with van der Waals surface area (Å²) in [6.45, 7) is 1.93. The first-order chi connectivity index (χ1) is 12.9. The molecule has 0 aliphatic carbocycles. The first kappa shape index (κ1) is 20.0. The third-order valence-corrected chi connectivity index (χ3v) is 8.07. The van der Waals surface area contributed by atoms with Gasteiger partial charge in [0.05, 0.1) is 23.7 Å². The maximum absolute atomic E-state index is 12.4. The summed E-state index contributed by atoms with van der Waals surface area (Å²) in [7, 11) is -3.16. The van der Waals surface area contributed by atoms with Crippen LogP contribution in [0, 0.1) is 0 Å². The van der Waals surface area contributed by atoms with Crippen molar-refractivity contribution >= 4 is 49.4 Å². The van der Waals surface area contributed by atoms with Gasteiger partial charge in [0.1, 0.15) is 5.00 Å². The second-order valence-electron chi connectivity index (χ2n) is 6.25.